The third-order valence-corrected chi connectivity index (χ3v) is 5.58. The van der Waals surface area contributed by atoms with Crippen LogP contribution in [0.1, 0.15) is 59.0 Å². The van der Waals surface area contributed by atoms with Crippen molar-refractivity contribution in [2.45, 2.75) is 38.0 Å². The molecule has 0 bridgehead atoms. The lowest BCUT2D eigenvalue weighted by atomic mass is 10.1. The zero-order valence-corrected chi connectivity index (χ0v) is 15.0. The Hall–Kier alpha value is -2.70. The fraction of sp³-hybridized carbons (Fsp3) is 0.474. The van der Waals surface area contributed by atoms with Crippen LogP contribution in [0.4, 0.5) is 0 Å². The third kappa shape index (κ3) is 2.50. The number of aromatic nitrogens is 4. The predicted molar refractivity (Wildman–Crippen MR) is 95.0 cm³/mol. The minimum absolute atomic E-state index is 0.0511. The Morgan fingerprint density at radius 1 is 1.19 bits per heavy atom. The fourth-order valence-corrected chi connectivity index (χ4v) is 3.69. The number of imidazole rings is 1. The first-order chi connectivity index (χ1) is 12.6. The van der Waals surface area contributed by atoms with E-state index in [4.69, 9.17) is 4.52 Å². The molecule has 1 saturated heterocycles. The van der Waals surface area contributed by atoms with Gasteiger partial charge in [-0.2, -0.15) is 4.98 Å². The van der Waals surface area contributed by atoms with Crippen molar-refractivity contribution in [3.05, 3.63) is 41.3 Å². The van der Waals surface area contributed by atoms with Crippen LogP contribution in [0.25, 0.3) is 11.0 Å². The van der Waals surface area contributed by atoms with E-state index in [0.29, 0.717) is 30.5 Å². The normalized spacial score (nSPS) is 20.2. The smallest absolute Gasteiger partial charge is 0.253 e. The number of hydrogen-bond donors (Lipinski definition) is 0. The molecule has 7 nitrogen and oxygen atoms in total. The van der Waals surface area contributed by atoms with E-state index in [1.54, 1.807) is 0 Å². The second-order valence-corrected chi connectivity index (χ2v) is 7.42. The SMILES string of the molecule is Cc1nc2ccc(C(=O)N3CCC(c4nc(C5CC5)no4)C3)cc2n1C. The third-order valence-electron chi connectivity index (χ3n) is 5.58. The Kier molecular flexibility index (Phi) is 3.38. The van der Waals surface area contributed by atoms with Crippen molar-refractivity contribution in [3.63, 3.8) is 0 Å². The van der Waals surface area contributed by atoms with Crippen molar-refractivity contribution < 1.29 is 9.32 Å². The van der Waals surface area contributed by atoms with Gasteiger partial charge in [-0.1, -0.05) is 5.16 Å². The van der Waals surface area contributed by atoms with Gasteiger partial charge >= 0.3 is 0 Å². The predicted octanol–water partition coefficient (Wildman–Crippen LogP) is 2.77. The lowest BCUT2D eigenvalue weighted by Gasteiger charge is -2.16. The highest BCUT2D eigenvalue weighted by Gasteiger charge is 2.34. The van der Waals surface area contributed by atoms with Gasteiger partial charge in [-0.15, -0.1) is 0 Å². The molecule has 1 unspecified atom stereocenters. The molecule has 5 rings (SSSR count). The zero-order chi connectivity index (χ0) is 17.8. The summed E-state index contributed by atoms with van der Waals surface area (Å²) in [6, 6.07) is 5.72. The molecule has 2 fully saturated rings. The number of benzene rings is 1. The summed E-state index contributed by atoms with van der Waals surface area (Å²) in [5, 5.41) is 4.10. The van der Waals surface area contributed by atoms with Crippen LogP contribution in [0.3, 0.4) is 0 Å². The molecule has 1 amide bonds. The molecular formula is C19H21N5O2. The van der Waals surface area contributed by atoms with Gasteiger partial charge in [0.15, 0.2) is 5.82 Å². The summed E-state index contributed by atoms with van der Waals surface area (Å²) < 4.78 is 7.46. The molecule has 0 N–H and O–H groups in total. The molecule has 1 aliphatic carbocycles. The first kappa shape index (κ1) is 15.5. The first-order valence-electron chi connectivity index (χ1n) is 9.16. The van der Waals surface area contributed by atoms with Gasteiger partial charge in [-0.25, -0.2) is 4.98 Å². The quantitative estimate of drug-likeness (QED) is 0.725. The van der Waals surface area contributed by atoms with Crippen LogP contribution in [0.15, 0.2) is 22.7 Å². The Morgan fingerprint density at radius 3 is 2.85 bits per heavy atom. The Bertz CT molecular complexity index is 1000. The number of amides is 1. The van der Waals surface area contributed by atoms with Crippen LogP contribution in [-0.4, -0.2) is 43.6 Å². The summed E-state index contributed by atoms with van der Waals surface area (Å²) in [5.41, 5.74) is 2.60. The number of hydrogen-bond acceptors (Lipinski definition) is 5. The molecule has 26 heavy (non-hydrogen) atoms. The molecule has 2 aromatic heterocycles. The maximum absolute atomic E-state index is 12.9. The van der Waals surface area contributed by atoms with Crippen LogP contribution < -0.4 is 0 Å². The van der Waals surface area contributed by atoms with Gasteiger partial charge in [0.05, 0.1) is 17.0 Å². The number of aryl methyl sites for hydroxylation is 2. The molecule has 1 atom stereocenters. The van der Waals surface area contributed by atoms with E-state index in [9.17, 15) is 4.79 Å². The number of carbonyl (C=O) groups is 1. The summed E-state index contributed by atoms with van der Waals surface area (Å²) in [7, 11) is 1.97. The maximum atomic E-state index is 12.9. The van der Waals surface area contributed by atoms with Gasteiger partial charge in [-0.3, -0.25) is 4.79 Å². The standard InChI is InChI=1S/C19H21N5O2/c1-11-20-15-6-5-13(9-16(15)23(11)2)19(25)24-8-7-14(10-24)18-21-17(22-26-18)12-3-4-12/h5-6,9,12,14H,3-4,7-8,10H2,1-2H3. The van der Waals surface area contributed by atoms with Crippen molar-refractivity contribution in [2.24, 2.45) is 7.05 Å². The van der Waals surface area contributed by atoms with Crippen LogP contribution >= 0.6 is 0 Å². The Balaban J connectivity index is 1.35. The molecular weight excluding hydrogens is 330 g/mol. The molecule has 0 radical (unpaired) electrons. The molecule has 0 spiro atoms. The van der Waals surface area contributed by atoms with Gasteiger partial charge in [-0.05, 0) is 44.4 Å². The summed E-state index contributed by atoms with van der Waals surface area (Å²) in [6.07, 6.45) is 3.18. The molecule has 1 aromatic carbocycles. The van der Waals surface area contributed by atoms with Gasteiger partial charge < -0.3 is 14.0 Å². The average molecular weight is 351 g/mol. The fourth-order valence-electron chi connectivity index (χ4n) is 3.69. The minimum Gasteiger partial charge on any atom is -0.339 e. The number of nitrogens with zero attached hydrogens (tertiary/aromatic N) is 5. The summed E-state index contributed by atoms with van der Waals surface area (Å²) in [4.78, 5) is 23.9. The number of carbonyl (C=O) groups excluding carboxylic acids is 1. The Morgan fingerprint density at radius 2 is 2.04 bits per heavy atom. The van der Waals surface area contributed by atoms with Gasteiger partial charge in [0, 0.05) is 31.6 Å². The molecule has 3 heterocycles. The minimum atomic E-state index is 0.0511. The van der Waals surface area contributed by atoms with Crippen LogP contribution in [-0.2, 0) is 7.05 Å². The van der Waals surface area contributed by atoms with Crippen LogP contribution in [0, 0.1) is 6.92 Å². The topological polar surface area (TPSA) is 77.1 Å². The van der Waals surface area contributed by atoms with Gasteiger partial charge in [0.25, 0.3) is 5.91 Å². The van der Waals surface area contributed by atoms with E-state index in [0.717, 1.165) is 41.9 Å². The van der Waals surface area contributed by atoms with Crippen molar-refractivity contribution >= 4 is 16.9 Å². The lowest BCUT2D eigenvalue weighted by molar-refractivity contribution is 0.0789. The monoisotopic (exact) mass is 351 g/mol. The molecule has 7 heteroatoms. The second kappa shape index (κ2) is 5.65. The molecule has 1 saturated carbocycles. The van der Waals surface area contributed by atoms with E-state index in [-0.39, 0.29) is 11.8 Å². The summed E-state index contributed by atoms with van der Waals surface area (Å²) in [5.74, 6) is 3.13. The molecule has 3 aromatic rings. The largest absolute Gasteiger partial charge is 0.339 e. The number of likely N-dealkylation sites (tertiary alicyclic amines) is 1. The van der Waals surface area contributed by atoms with Crippen molar-refractivity contribution in [1.29, 1.82) is 0 Å². The second-order valence-electron chi connectivity index (χ2n) is 7.42. The van der Waals surface area contributed by atoms with E-state index >= 15 is 0 Å². The molecule has 2 aliphatic rings. The summed E-state index contributed by atoms with van der Waals surface area (Å²) >= 11 is 0. The highest BCUT2D eigenvalue weighted by Crippen LogP contribution is 2.39. The van der Waals surface area contributed by atoms with E-state index in [2.05, 4.69) is 15.1 Å². The Labute approximate surface area is 151 Å². The number of fused-ring (bicyclic) bond motifs is 1. The summed E-state index contributed by atoms with van der Waals surface area (Å²) in [6.45, 7) is 3.31. The first-order valence-corrected chi connectivity index (χ1v) is 9.16. The van der Waals surface area contributed by atoms with Gasteiger partial charge in [0.1, 0.15) is 5.82 Å². The average Bonchev–Trinajstić information content (AvgIpc) is 3.07. The van der Waals surface area contributed by atoms with E-state index in [1.165, 1.54) is 0 Å². The highest BCUT2D eigenvalue weighted by molar-refractivity contribution is 5.97. The van der Waals surface area contributed by atoms with Crippen molar-refractivity contribution in [2.75, 3.05) is 13.1 Å². The van der Waals surface area contributed by atoms with E-state index in [1.807, 2.05) is 41.6 Å². The van der Waals surface area contributed by atoms with Crippen molar-refractivity contribution in [3.8, 4) is 0 Å². The van der Waals surface area contributed by atoms with E-state index < -0.39 is 0 Å². The van der Waals surface area contributed by atoms with Crippen LogP contribution in [0.2, 0.25) is 0 Å². The maximum Gasteiger partial charge on any atom is 0.253 e. The molecule has 134 valence electrons. The zero-order valence-electron chi connectivity index (χ0n) is 15.0. The van der Waals surface area contributed by atoms with Gasteiger partial charge in [0.2, 0.25) is 5.89 Å². The van der Waals surface area contributed by atoms with Crippen LogP contribution in [0.5, 0.6) is 0 Å². The number of rotatable bonds is 3. The molecule has 1 aliphatic heterocycles. The highest BCUT2D eigenvalue weighted by atomic mass is 16.5. The lowest BCUT2D eigenvalue weighted by Crippen LogP contribution is -2.28. The van der Waals surface area contributed by atoms with Crippen molar-refractivity contribution in [1.82, 2.24) is 24.6 Å².